The van der Waals surface area contributed by atoms with Crippen LogP contribution in [0.5, 0.6) is 5.75 Å². The van der Waals surface area contributed by atoms with Crippen LogP contribution < -0.4 is 10.2 Å². The molecular weight excluding hydrogens is 421 g/mol. The van der Waals surface area contributed by atoms with Gasteiger partial charge >= 0.3 is 0 Å². The van der Waals surface area contributed by atoms with Gasteiger partial charge in [-0.25, -0.2) is 18.2 Å². The molecular formula is C22H23F3N6O. The number of halogens is 3. The summed E-state index contributed by atoms with van der Waals surface area (Å²) >= 11 is 0. The molecule has 0 saturated carbocycles. The highest BCUT2D eigenvalue weighted by Crippen LogP contribution is 2.41. The molecule has 2 N–H and O–H groups in total. The van der Waals surface area contributed by atoms with E-state index in [0.717, 1.165) is 0 Å². The van der Waals surface area contributed by atoms with Crippen LogP contribution in [0.2, 0.25) is 0 Å². The highest BCUT2D eigenvalue weighted by molar-refractivity contribution is 5.74. The Morgan fingerprint density at radius 1 is 1.16 bits per heavy atom. The van der Waals surface area contributed by atoms with Crippen molar-refractivity contribution in [3.05, 3.63) is 42.7 Å². The molecule has 2 bridgehead atoms. The number of nitrogens with one attached hydrogen (secondary N) is 1. The van der Waals surface area contributed by atoms with E-state index in [1.165, 1.54) is 30.7 Å². The number of hydrogen-bond donors (Lipinski definition) is 2. The maximum absolute atomic E-state index is 14.7. The second kappa shape index (κ2) is 7.47. The van der Waals surface area contributed by atoms with Crippen molar-refractivity contribution in [1.82, 2.24) is 25.1 Å². The lowest BCUT2D eigenvalue weighted by molar-refractivity contribution is -0.0128. The van der Waals surface area contributed by atoms with Crippen LogP contribution in [0.25, 0.3) is 22.4 Å². The quantitative estimate of drug-likeness (QED) is 0.643. The third-order valence-electron chi connectivity index (χ3n) is 6.45. The van der Waals surface area contributed by atoms with Crippen molar-refractivity contribution < 1.29 is 18.3 Å². The van der Waals surface area contributed by atoms with E-state index in [2.05, 4.69) is 20.4 Å². The molecule has 0 radical (unpaired) electrons. The second-order valence-electron chi connectivity index (χ2n) is 8.63. The molecule has 2 aliphatic rings. The molecule has 3 atom stereocenters. The van der Waals surface area contributed by atoms with Crippen LogP contribution in [0.1, 0.15) is 19.3 Å². The molecule has 0 amide bonds. The topological polar surface area (TPSA) is 79.1 Å². The Labute approximate surface area is 182 Å². The number of rotatable bonds is 4. The average molecular weight is 444 g/mol. The number of phenols is 1. The molecule has 2 fully saturated rings. The second-order valence-corrected chi connectivity index (χ2v) is 8.63. The van der Waals surface area contributed by atoms with Crippen molar-refractivity contribution in [2.24, 2.45) is 7.05 Å². The predicted molar refractivity (Wildman–Crippen MR) is 113 cm³/mol. The van der Waals surface area contributed by atoms with Gasteiger partial charge in [0.25, 0.3) is 5.92 Å². The SMILES string of the molecule is CN(c1cnc(-c2cc(F)c(-c3cnn(C)c3)cc2O)cn1)[C@H]1CC2CC(F)(F)C(C1)N2. The summed E-state index contributed by atoms with van der Waals surface area (Å²) in [6.45, 7) is 0. The van der Waals surface area contributed by atoms with Crippen LogP contribution in [-0.4, -0.2) is 56.0 Å². The molecule has 168 valence electrons. The first-order chi connectivity index (χ1) is 15.2. The summed E-state index contributed by atoms with van der Waals surface area (Å²) in [4.78, 5) is 10.6. The van der Waals surface area contributed by atoms with Crippen molar-refractivity contribution in [2.75, 3.05) is 11.9 Å². The third kappa shape index (κ3) is 3.58. The lowest BCUT2D eigenvalue weighted by Gasteiger charge is -2.36. The fourth-order valence-electron chi connectivity index (χ4n) is 4.72. The zero-order valence-corrected chi connectivity index (χ0v) is 17.6. The van der Waals surface area contributed by atoms with Crippen molar-refractivity contribution in [1.29, 1.82) is 0 Å². The molecule has 1 aromatic carbocycles. The van der Waals surface area contributed by atoms with Gasteiger partial charge in [-0.1, -0.05) is 0 Å². The Hall–Kier alpha value is -3.14. The fourth-order valence-corrected chi connectivity index (χ4v) is 4.72. The van der Waals surface area contributed by atoms with Crippen LogP contribution in [-0.2, 0) is 7.05 Å². The van der Waals surface area contributed by atoms with E-state index in [1.807, 2.05) is 11.9 Å². The van der Waals surface area contributed by atoms with E-state index in [0.29, 0.717) is 29.9 Å². The van der Waals surface area contributed by atoms with Gasteiger partial charge in [0, 0.05) is 55.5 Å². The molecule has 3 aromatic rings. The molecule has 4 heterocycles. The van der Waals surface area contributed by atoms with E-state index >= 15 is 0 Å². The van der Waals surface area contributed by atoms with Gasteiger partial charge in [-0.05, 0) is 25.0 Å². The summed E-state index contributed by atoms with van der Waals surface area (Å²) in [5.74, 6) is -2.78. The van der Waals surface area contributed by atoms with Crippen LogP contribution >= 0.6 is 0 Å². The number of hydrogen-bond acceptors (Lipinski definition) is 6. The van der Waals surface area contributed by atoms with E-state index < -0.39 is 17.8 Å². The van der Waals surface area contributed by atoms with Gasteiger partial charge in [0.15, 0.2) is 0 Å². The minimum absolute atomic E-state index is 0.0793. The van der Waals surface area contributed by atoms with Gasteiger partial charge in [-0.15, -0.1) is 0 Å². The van der Waals surface area contributed by atoms with E-state index in [1.54, 1.807) is 17.9 Å². The van der Waals surface area contributed by atoms with Crippen LogP contribution in [0.15, 0.2) is 36.9 Å². The van der Waals surface area contributed by atoms with Gasteiger partial charge in [0.05, 0.1) is 30.3 Å². The van der Waals surface area contributed by atoms with Gasteiger partial charge in [0.1, 0.15) is 17.4 Å². The summed E-state index contributed by atoms with van der Waals surface area (Å²) in [5.41, 5.74) is 1.32. The van der Waals surface area contributed by atoms with Crippen molar-refractivity contribution in [3.63, 3.8) is 0 Å². The third-order valence-corrected chi connectivity index (χ3v) is 6.45. The van der Waals surface area contributed by atoms with Gasteiger partial charge < -0.3 is 15.3 Å². The number of aryl methyl sites for hydroxylation is 1. The van der Waals surface area contributed by atoms with Gasteiger partial charge in [-0.2, -0.15) is 5.10 Å². The van der Waals surface area contributed by atoms with Crippen molar-refractivity contribution >= 4 is 5.82 Å². The predicted octanol–water partition coefficient (Wildman–Crippen LogP) is 3.35. The number of piperidine rings is 1. The van der Waals surface area contributed by atoms with Crippen LogP contribution in [0.4, 0.5) is 19.0 Å². The van der Waals surface area contributed by atoms with Crippen molar-refractivity contribution in [2.45, 2.75) is 43.3 Å². The molecule has 7 nitrogen and oxygen atoms in total. The monoisotopic (exact) mass is 444 g/mol. The maximum Gasteiger partial charge on any atom is 0.264 e. The van der Waals surface area contributed by atoms with Crippen molar-refractivity contribution in [3.8, 4) is 28.1 Å². The summed E-state index contributed by atoms with van der Waals surface area (Å²) in [6.07, 6.45) is 6.94. The Morgan fingerprint density at radius 2 is 1.97 bits per heavy atom. The minimum Gasteiger partial charge on any atom is -0.507 e. The first kappa shape index (κ1) is 20.7. The summed E-state index contributed by atoms with van der Waals surface area (Å²) < 4.78 is 44.3. The Morgan fingerprint density at radius 3 is 2.62 bits per heavy atom. The Kier molecular flexibility index (Phi) is 4.85. The number of aromatic hydroxyl groups is 1. The van der Waals surface area contributed by atoms with Gasteiger partial charge in [-0.3, -0.25) is 9.67 Å². The number of alkyl halides is 2. The standard InChI is InChI=1S/C22H23F3N6O/c1-30-11-12(8-28-30)15-6-19(32)16(5-17(15)23)18-9-27-21(10-26-18)31(2)14-3-13-7-22(24,25)20(4-14)29-13/h5-6,8-11,13-14,20,29,32H,3-4,7H2,1-2H3/t13?,14-,20?/m0/s1. The Bertz CT molecular complexity index is 1150. The number of aromatic nitrogens is 4. The highest BCUT2D eigenvalue weighted by Gasteiger charge is 2.53. The fraction of sp³-hybridized carbons (Fsp3) is 0.409. The Balaban J connectivity index is 1.36. The van der Waals surface area contributed by atoms with E-state index in [-0.39, 0.29) is 35.4 Å². The zero-order chi connectivity index (χ0) is 22.6. The smallest absolute Gasteiger partial charge is 0.264 e. The molecule has 2 aliphatic heterocycles. The number of nitrogens with zero attached hydrogens (tertiary/aromatic N) is 5. The average Bonchev–Trinajstić information content (AvgIpc) is 3.28. The number of phenolic OH excluding ortho intramolecular Hbond substituents is 1. The van der Waals surface area contributed by atoms with Crippen LogP contribution in [0.3, 0.4) is 0 Å². The number of fused-ring (bicyclic) bond motifs is 2. The van der Waals surface area contributed by atoms with E-state index in [9.17, 15) is 18.3 Å². The zero-order valence-electron chi connectivity index (χ0n) is 17.6. The molecule has 32 heavy (non-hydrogen) atoms. The molecule has 0 spiro atoms. The number of anilines is 1. The lowest BCUT2D eigenvalue weighted by Crippen LogP contribution is -2.49. The lowest BCUT2D eigenvalue weighted by atomic mass is 9.98. The molecule has 10 heteroatoms. The summed E-state index contributed by atoms with van der Waals surface area (Å²) in [7, 11) is 3.54. The highest BCUT2D eigenvalue weighted by atomic mass is 19.3. The number of benzene rings is 1. The van der Waals surface area contributed by atoms with Gasteiger partial charge in [0.2, 0.25) is 0 Å². The first-order valence-corrected chi connectivity index (χ1v) is 10.4. The molecule has 5 rings (SSSR count). The first-order valence-electron chi connectivity index (χ1n) is 10.4. The van der Waals surface area contributed by atoms with E-state index in [4.69, 9.17) is 0 Å². The summed E-state index contributed by atoms with van der Waals surface area (Å²) in [6, 6.07) is 1.46. The molecule has 2 unspecified atom stereocenters. The largest absolute Gasteiger partial charge is 0.507 e. The normalized spacial score (nSPS) is 24.0. The molecule has 2 aromatic heterocycles. The molecule has 0 aliphatic carbocycles. The minimum atomic E-state index is -2.68. The maximum atomic E-state index is 14.7. The van der Waals surface area contributed by atoms with Crippen LogP contribution in [0, 0.1) is 5.82 Å². The summed E-state index contributed by atoms with van der Waals surface area (Å²) in [5, 5.41) is 17.5. The molecule has 2 saturated heterocycles.